The number of furan rings is 1. The van der Waals surface area contributed by atoms with E-state index in [0.29, 0.717) is 28.2 Å². The number of nitrogens with one attached hydrogen (secondary N) is 2. The van der Waals surface area contributed by atoms with Crippen molar-refractivity contribution in [3.8, 4) is 17.6 Å². The molecule has 216 valence electrons. The number of anilines is 2. The van der Waals surface area contributed by atoms with Crippen LogP contribution in [0.25, 0.3) is 0 Å². The normalized spacial score (nSPS) is 14.2. The number of hydrogen-bond donors (Lipinski definition) is 3. The molecule has 2 heterocycles. The molecule has 2 amide bonds. The van der Waals surface area contributed by atoms with Crippen LogP contribution in [0.1, 0.15) is 47.5 Å². The van der Waals surface area contributed by atoms with Crippen LogP contribution in [-0.2, 0) is 11.2 Å². The Bertz CT molecular complexity index is 1590. The molecule has 0 saturated heterocycles. The van der Waals surface area contributed by atoms with Crippen molar-refractivity contribution >= 4 is 46.5 Å². The maximum atomic E-state index is 13.2. The van der Waals surface area contributed by atoms with Gasteiger partial charge in [-0.05, 0) is 75.3 Å². The van der Waals surface area contributed by atoms with Crippen LogP contribution in [0.15, 0.2) is 76.0 Å². The van der Waals surface area contributed by atoms with Crippen LogP contribution in [-0.4, -0.2) is 52.5 Å². The third-order valence-electron chi connectivity index (χ3n) is 6.97. The predicted octanol–water partition coefficient (Wildman–Crippen LogP) is 5.76. The summed E-state index contributed by atoms with van der Waals surface area (Å²) in [6, 6.07) is 14.2. The van der Waals surface area contributed by atoms with Crippen LogP contribution in [0.4, 0.5) is 11.4 Å². The van der Waals surface area contributed by atoms with Gasteiger partial charge in [0.1, 0.15) is 5.75 Å². The molecule has 1 aromatic heterocycles. The molecular formula is C33H34N4O4S. The summed E-state index contributed by atoms with van der Waals surface area (Å²) in [5, 5.41) is 16.4. The summed E-state index contributed by atoms with van der Waals surface area (Å²) in [6.07, 6.45) is 6.07. The fraction of sp³-hybridized carbons (Fsp3) is 0.273. The average molecular weight is 583 g/mol. The lowest BCUT2D eigenvalue weighted by molar-refractivity contribution is -0.112. The van der Waals surface area contributed by atoms with Crippen LogP contribution >= 0.6 is 12.2 Å². The Kier molecular flexibility index (Phi) is 10.4. The van der Waals surface area contributed by atoms with Crippen molar-refractivity contribution in [2.24, 2.45) is 10.9 Å². The van der Waals surface area contributed by atoms with E-state index >= 15 is 0 Å². The van der Waals surface area contributed by atoms with Crippen molar-refractivity contribution in [3.63, 3.8) is 0 Å². The van der Waals surface area contributed by atoms with E-state index in [1.54, 1.807) is 43.5 Å². The molecule has 0 radical (unpaired) electrons. The number of carbonyl (C=O) groups is 2. The summed E-state index contributed by atoms with van der Waals surface area (Å²) in [5.41, 5.74) is 3.29. The molecule has 42 heavy (non-hydrogen) atoms. The van der Waals surface area contributed by atoms with E-state index in [0.717, 1.165) is 37.2 Å². The first kappa shape index (κ1) is 30.4. The van der Waals surface area contributed by atoms with Crippen LogP contribution < -0.4 is 10.6 Å². The topological polar surface area (TPSA) is 107 Å². The summed E-state index contributed by atoms with van der Waals surface area (Å²) in [6.45, 7) is 8.97. The van der Waals surface area contributed by atoms with Gasteiger partial charge < -0.3 is 25.1 Å². The molecule has 0 fully saturated rings. The molecule has 0 bridgehead atoms. The fourth-order valence-electron chi connectivity index (χ4n) is 4.52. The number of nitrogens with zero attached hydrogens (tertiary/aromatic N) is 2. The van der Waals surface area contributed by atoms with E-state index in [1.807, 2.05) is 18.2 Å². The van der Waals surface area contributed by atoms with Crippen molar-refractivity contribution in [3.05, 3.63) is 89.0 Å². The fourth-order valence-corrected chi connectivity index (χ4v) is 4.79. The quantitative estimate of drug-likeness (QED) is 0.159. The first-order valence-electron chi connectivity index (χ1n) is 13.9. The van der Waals surface area contributed by atoms with Crippen molar-refractivity contribution < 1.29 is 19.1 Å². The Morgan fingerprint density at radius 2 is 1.88 bits per heavy atom. The van der Waals surface area contributed by atoms with Gasteiger partial charge >= 0.3 is 0 Å². The third-order valence-corrected chi connectivity index (χ3v) is 7.45. The minimum Gasteiger partial charge on any atom is -0.505 e. The summed E-state index contributed by atoms with van der Waals surface area (Å²) in [7, 11) is 0. The van der Waals surface area contributed by atoms with Gasteiger partial charge in [0.2, 0.25) is 0 Å². The summed E-state index contributed by atoms with van der Waals surface area (Å²) in [5.74, 6) is 5.07. The zero-order valence-corrected chi connectivity index (χ0v) is 24.8. The van der Waals surface area contributed by atoms with Gasteiger partial charge in [0.15, 0.2) is 5.76 Å². The minimum atomic E-state index is -0.560. The van der Waals surface area contributed by atoms with Crippen LogP contribution in [0.2, 0.25) is 0 Å². The zero-order valence-electron chi connectivity index (χ0n) is 23.9. The maximum Gasteiger partial charge on any atom is 0.291 e. The van der Waals surface area contributed by atoms with Crippen molar-refractivity contribution in [2.45, 2.75) is 33.6 Å². The highest BCUT2D eigenvalue weighted by Crippen LogP contribution is 2.29. The van der Waals surface area contributed by atoms with E-state index in [-0.39, 0.29) is 23.0 Å². The minimum absolute atomic E-state index is 0.0572. The van der Waals surface area contributed by atoms with Gasteiger partial charge in [0.05, 0.1) is 23.4 Å². The number of aromatic hydroxyl groups is 1. The van der Waals surface area contributed by atoms with Crippen molar-refractivity contribution in [1.29, 1.82) is 0 Å². The van der Waals surface area contributed by atoms with Gasteiger partial charge in [0.25, 0.3) is 11.8 Å². The number of para-hydroxylation sites is 1. The molecule has 8 nitrogen and oxygen atoms in total. The number of phenols is 1. The van der Waals surface area contributed by atoms with Crippen LogP contribution in [0, 0.1) is 24.7 Å². The first-order valence-corrected chi connectivity index (χ1v) is 14.3. The molecule has 0 unspecified atom stereocenters. The molecule has 1 aliphatic rings. The number of thiocarbonyl (C=S) groups is 1. The molecule has 0 saturated carbocycles. The highest BCUT2D eigenvalue weighted by Gasteiger charge is 2.24. The lowest BCUT2D eigenvalue weighted by atomic mass is 9.97. The van der Waals surface area contributed by atoms with E-state index in [1.165, 1.54) is 12.5 Å². The van der Waals surface area contributed by atoms with Gasteiger partial charge in [-0.1, -0.05) is 56.1 Å². The Balaban J connectivity index is 1.39. The van der Waals surface area contributed by atoms with Gasteiger partial charge in [-0.2, -0.15) is 0 Å². The van der Waals surface area contributed by atoms with E-state index in [2.05, 4.69) is 46.2 Å². The lowest BCUT2D eigenvalue weighted by Gasteiger charge is -2.18. The largest absolute Gasteiger partial charge is 0.505 e. The second-order valence-corrected chi connectivity index (χ2v) is 10.3. The molecule has 3 aromatic rings. The maximum absolute atomic E-state index is 13.2. The smallest absolute Gasteiger partial charge is 0.291 e. The number of amides is 2. The molecular weight excluding hydrogens is 548 g/mol. The third kappa shape index (κ3) is 7.60. The van der Waals surface area contributed by atoms with E-state index < -0.39 is 11.8 Å². The summed E-state index contributed by atoms with van der Waals surface area (Å²) in [4.78, 5) is 32.5. The SMILES string of the molecule is CCN(CC)CCCc1cccc(NC(=O)C2=CN=C[C@H](C#Cc3cccc(NC(=O)c4occc4C)c3)C2=S)c1O. The van der Waals surface area contributed by atoms with E-state index in [4.69, 9.17) is 16.6 Å². The summed E-state index contributed by atoms with van der Waals surface area (Å²) < 4.78 is 5.25. The second-order valence-electron chi connectivity index (χ2n) is 9.82. The molecule has 9 heteroatoms. The van der Waals surface area contributed by atoms with Gasteiger partial charge in [-0.25, -0.2) is 0 Å². The molecule has 4 rings (SSSR count). The number of hydrogen-bond acceptors (Lipinski definition) is 7. The molecule has 2 aromatic carbocycles. The number of aryl methyl sites for hydroxylation is 2. The van der Waals surface area contributed by atoms with Crippen LogP contribution in [0.5, 0.6) is 5.75 Å². The molecule has 0 aliphatic carbocycles. The molecule has 1 aliphatic heterocycles. The van der Waals surface area contributed by atoms with Crippen molar-refractivity contribution in [2.75, 3.05) is 30.3 Å². The highest BCUT2D eigenvalue weighted by atomic mass is 32.1. The number of rotatable bonds is 10. The first-order chi connectivity index (χ1) is 20.3. The number of carbonyl (C=O) groups excluding carboxylic acids is 2. The highest BCUT2D eigenvalue weighted by molar-refractivity contribution is 7.81. The average Bonchev–Trinajstić information content (AvgIpc) is 3.42. The zero-order chi connectivity index (χ0) is 30.1. The van der Waals surface area contributed by atoms with Gasteiger partial charge in [0, 0.05) is 34.1 Å². The second kappa shape index (κ2) is 14.4. The number of aliphatic imine (C=N–C) groups is 1. The summed E-state index contributed by atoms with van der Waals surface area (Å²) >= 11 is 5.60. The Labute approximate surface area is 251 Å². The molecule has 0 spiro atoms. The Hall–Kier alpha value is -4.52. The molecule has 1 atom stereocenters. The standard InChI is InChI=1S/C33H34N4O4S/c1-4-37(5-2)17-8-11-24-10-7-13-28(29(24)38)36-32(39)27-21-34-20-25(31(27)42)15-14-23-9-6-12-26(19-23)35-33(40)30-22(3)16-18-41-30/h6-7,9-10,12-13,16,18-21,25,38H,4-5,8,11,17H2,1-3H3,(H,35,40)(H,36,39)/t25-/m0/s1. The number of benzene rings is 2. The lowest BCUT2D eigenvalue weighted by Crippen LogP contribution is -2.26. The van der Waals surface area contributed by atoms with Crippen molar-refractivity contribution in [1.82, 2.24) is 4.90 Å². The monoisotopic (exact) mass is 582 g/mol. The van der Waals surface area contributed by atoms with Gasteiger partial charge in [-0.3, -0.25) is 14.6 Å². The van der Waals surface area contributed by atoms with Gasteiger partial charge in [-0.15, -0.1) is 0 Å². The predicted molar refractivity (Wildman–Crippen MR) is 170 cm³/mol. The Morgan fingerprint density at radius 3 is 2.62 bits per heavy atom. The van der Waals surface area contributed by atoms with E-state index in [9.17, 15) is 14.7 Å². The number of phenolic OH excluding ortho intramolecular Hbond substituents is 1. The Morgan fingerprint density at radius 1 is 1.10 bits per heavy atom. The van der Waals surface area contributed by atoms with Crippen LogP contribution in [0.3, 0.4) is 0 Å². The molecule has 3 N–H and O–H groups in total.